The minimum atomic E-state index is 0.00408. The molecule has 0 bridgehead atoms. The van der Waals surface area contributed by atoms with Crippen molar-refractivity contribution in [1.29, 1.82) is 0 Å². The van der Waals surface area contributed by atoms with Gasteiger partial charge in [-0.2, -0.15) is 5.10 Å². The Kier molecular flexibility index (Phi) is 4.19. The van der Waals surface area contributed by atoms with Gasteiger partial charge in [-0.3, -0.25) is 9.48 Å². The molecule has 0 unspecified atom stereocenters. The standard InChI is InChI=1S/C20H20N6O/c1-3-25-9-5-7-14(19(25)27)11-26-12-15(10-22-26)18-16-8-4-6-13(2)17(16)23-20(21)24-18/h4-10,12H,3,11H2,1-2H3,(H2,21,23,24). The highest BCUT2D eigenvalue weighted by Gasteiger charge is 2.12. The fourth-order valence-corrected chi connectivity index (χ4v) is 3.24. The molecule has 0 aliphatic heterocycles. The van der Waals surface area contributed by atoms with Crippen LogP contribution in [0, 0.1) is 6.92 Å². The van der Waals surface area contributed by atoms with E-state index in [0.29, 0.717) is 18.7 Å². The number of fused-ring (bicyclic) bond motifs is 1. The molecule has 27 heavy (non-hydrogen) atoms. The van der Waals surface area contributed by atoms with Crippen LogP contribution in [0.15, 0.2) is 53.7 Å². The number of rotatable bonds is 4. The molecule has 3 aromatic heterocycles. The van der Waals surface area contributed by atoms with Crippen LogP contribution in [0.4, 0.5) is 5.95 Å². The molecule has 7 heteroatoms. The predicted octanol–water partition coefficient (Wildman–Crippen LogP) is 2.61. The van der Waals surface area contributed by atoms with Crippen molar-refractivity contribution in [2.24, 2.45) is 0 Å². The predicted molar refractivity (Wildman–Crippen MR) is 105 cm³/mol. The van der Waals surface area contributed by atoms with Crippen LogP contribution in [0.25, 0.3) is 22.2 Å². The number of nitrogens with two attached hydrogens (primary N) is 1. The van der Waals surface area contributed by atoms with Crippen LogP contribution < -0.4 is 11.3 Å². The number of aromatic nitrogens is 5. The molecule has 0 saturated carbocycles. The number of nitrogen functional groups attached to an aromatic ring is 1. The SMILES string of the molecule is CCn1cccc(Cn2cc(-c3nc(N)nc4c(C)cccc34)cn2)c1=O. The minimum Gasteiger partial charge on any atom is -0.368 e. The number of aryl methyl sites for hydroxylation is 2. The Morgan fingerprint density at radius 1 is 1.15 bits per heavy atom. The molecule has 0 spiro atoms. The van der Waals surface area contributed by atoms with Crippen molar-refractivity contribution in [2.75, 3.05) is 5.73 Å². The molecular weight excluding hydrogens is 340 g/mol. The second kappa shape index (κ2) is 6.68. The fourth-order valence-electron chi connectivity index (χ4n) is 3.24. The second-order valence-corrected chi connectivity index (χ2v) is 6.45. The van der Waals surface area contributed by atoms with Crippen molar-refractivity contribution < 1.29 is 0 Å². The second-order valence-electron chi connectivity index (χ2n) is 6.45. The Hall–Kier alpha value is -3.48. The molecule has 0 aliphatic rings. The third-order valence-corrected chi connectivity index (χ3v) is 4.62. The Balaban J connectivity index is 1.75. The van der Waals surface area contributed by atoms with Gasteiger partial charge < -0.3 is 10.3 Å². The van der Waals surface area contributed by atoms with Gasteiger partial charge in [0.15, 0.2) is 0 Å². The van der Waals surface area contributed by atoms with Gasteiger partial charge in [0.25, 0.3) is 5.56 Å². The van der Waals surface area contributed by atoms with Crippen LogP contribution in [0.2, 0.25) is 0 Å². The molecule has 2 N–H and O–H groups in total. The van der Waals surface area contributed by atoms with Crippen LogP contribution in [0.5, 0.6) is 0 Å². The summed E-state index contributed by atoms with van der Waals surface area (Å²) in [4.78, 5) is 21.2. The first-order chi connectivity index (χ1) is 13.1. The number of benzene rings is 1. The summed E-state index contributed by atoms with van der Waals surface area (Å²) in [6, 6.07) is 9.66. The number of anilines is 1. The third kappa shape index (κ3) is 3.08. The van der Waals surface area contributed by atoms with Crippen LogP contribution in [0.3, 0.4) is 0 Å². The maximum atomic E-state index is 12.4. The lowest BCUT2D eigenvalue weighted by atomic mass is 10.1. The third-order valence-electron chi connectivity index (χ3n) is 4.62. The van der Waals surface area contributed by atoms with E-state index in [1.165, 1.54) is 0 Å². The molecule has 0 aliphatic carbocycles. The molecule has 0 atom stereocenters. The summed E-state index contributed by atoms with van der Waals surface area (Å²) < 4.78 is 3.42. The highest BCUT2D eigenvalue weighted by molar-refractivity contribution is 5.94. The first kappa shape index (κ1) is 17.0. The van der Waals surface area contributed by atoms with E-state index < -0.39 is 0 Å². The summed E-state index contributed by atoms with van der Waals surface area (Å²) >= 11 is 0. The molecule has 0 amide bonds. The van der Waals surface area contributed by atoms with E-state index in [0.717, 1.165) is 27.7 Å². The average molecular weight is 360 g/mol. The van der Waals surface area contributed by atoms with Crippen molar-refractivity contribution in [3.63, 3.8) is 0 Å². The van der Waals surface area contributed by atoms with E-state index in [1.807, 2.05) is 50.4 Å². The van der Waals surface area contributed by atoms with E-state index in [-0.39, 0.29) is 11.5 Å². The summed E-state index contributed by atoms with van der Waals surface area (Å²) in [5, 5.41) is 5.34. The zero-order valence-corrected chi connectivity index (χ0v) is 15.3. The highest BCUT2D eigenvalue weighted by Crippen LogP contribution is 2.28. The van der Waals surface area contributed by atoms with Gasteiger partial charge in [-0.25, -0.2) is 9.97 Å². The van der Waals surface area contributed by atoms with Crippen molar-refractivity contribution in [3.8, 4) is 11.3 Å². The first-order valence-corrected chi connectivity index (χ1v) is 8.81. The highest BCUT2D eigenvalue weighted by atomic mass is 16.1. The van der Waals surface area contributed by atoms with Crippen LogP contribution >= 0.6 is 0 Å². The van der Waals surface area contributed by atoms with Crippen LogP contribution in [0.1, 0.15) is 18.1 Å². The summed E-state index contributed by atoms with van der Waals surface area (Å²) in [6.07, 6.45) is 5.41. The van der Waals surface area contributed by atoms with Crippen molar-refractivity contribution >= 4 is 16.9 Å². The summed E-state index contributed by atoms with van der Waals surface area (Å²) in [5.74, 6) is 0.230. The lowest BCUT2D eigenvalue weighted by Gasteiger charge is -2.07. The largest absolute Gasteiger partial charge is 0.368 e. The van der Waals surface area contributed by atoms with E-state index in [1.54, 1.807) is 21.6 Å². The van der Waals surface area contributed by atoms with Gasteiger partial charge in [0, 0.05) is 35.5 Å². The zero-order chi connectivity index (χ0) is 19.0. The Morgan fingerprint density at radius 3 is 2.81 bits per heavy atom. The van der Waals surface area contributed by atoms with E-state index in [4.69, 9.17) is 5.73 Å². The zero-order valence-electron chi connectivity index (χ0n) is 15.3. The lowest BCUT2D eigenvalue weighted by Crippen LogP contribution is -2.23. The molecule has 1 aromatic carbocycles. The van der Waals surface area contributed by atoms with Crippen molar-refractivity contribution in [3.05, 3.63) is 70.4 Å². The van der Waals surface area contributed by atoms with Gasteiger partial charge in [0.05, 0.1) is 24.0 Å². The van der Waals surface area contributed by atoms with Gasteiger partial charge in [0.1, 0.15) is 0 Å². The molecule has 0 fully saturated rings. The normalized spacial score (nSPS) is 11.2. The molecule has 4 aromatic rings. The molecule has 0 saturated heterocycles. The monoisotopic (exact) mass is 360 g/mol. The van der Waals surface area contributed by atoms with Crippen LogP contribution in [-0.4, -0.2) is 24.3 Å². The van der Waals surface area contributed by atoms with Gasteiger partial charge >= 0.3 is 0 Å². The number of pyridine rings is 1. The Bertz CT molecular complexity index is 1190. The average Bonchev–Trinajstić information content (AvgIpc) is 3.12. The van der Waals surface area contributed by atoms with Crippen LogP contribution in [-0.2, 0) is 13.1 Å². The Morgan fingerprint density at radius 2 is 2.00 bits per heavy atom. The lowest BCUT2D eigenvalue weighted by molar-refractivity contribution is 0.655. The number of para-hydroxylation sites is 1. The van der Waals surface area contributed by atoms with Gasteiger partial charge in [-0.15, -0.1) is 0 Å². The van der Waals surface area contributed by atoms with E-state index >= 15 is 0 Å². The van der Waals surface area contributed by atoms with E-state index in [9.17, 15) is 4.79 Å². The maximum Gasteiger partial charge on any atom is 0.255 e. The number of nitrogens with zero attached hydrogens (tertiary/aromatic N) is 5. The quantitative estimate of drug-likeness (QED) is 0.604. The van der Waals surface area contributed by atoms with Gasteiger partial charge in [-0.1, -0.05) is 24.3 Å². The first-order valence-electron chi connectivity index (χ1n) is 8.81. The smallest absolute Gasteiger partial charge is 0.255 e. The number of hydrogen-bond donors (Lipinski definition) is 1. The molecule has 136 valence electrons. The maximum absolute atomic E-state index is 12.4. The van der Waals surface area contributed by atoms with Crippen molar-refractivity contribution in [1.82, 2.24) is 24.3 Å². The summed E-state index contributed by atoms with van der Waals surface area (Å²) in [5.41, 5.74) is 10.1. The van der Waals surface area contributed by atoms with Gasteiger partial charge in [0.2, 0.25) is 5.95 Å². The molecular formula is C20H20N6O. The minimum absolute atomic E-state index is 0.00408. The molecule has 0 radical (unpaired) electrons. The van der Waals surface area contributed by atoms with E-state index in [2.05, 4.69) is 15.1 Å². The number of hydrogen-bond acceptors (Lipinski definition) is 5. The fraction of sp³-hybridized carbons (Fsp3) is 0.200. The molecule has 7 nitrogen and oxygen atoms in total. The Labute approximate surface area is 156 Å². The topological polar surface area (TPSA) is 91.6 Å². The molecule has 3 heterocycles. The summed E-state index contributed by atoms with van der Waals surface area (Å²) in [6.45, 7) is 4.99. The van der Waals surface area contributed by atoms with Crippen molar-refractivity contribution in [2.45, 2.75) is 26.9 Å². The van der Waals surface area contributed by atoms with Gasteiger partial charge in [-0.05, 0) is 25.5 Å². The molecule has 4 rings (SSSR count). The summed E-state index contributed by atoms with van der Waals surface area (Å²) in [7, 11) is 0.